The summed E-state index contributed by atoms with van der Waals surface area (Å²) in [7, 11) is 0. The summed E-state index contributed by atoms with van der Waals surface area (Å²) < 4.78 is 5.86. The maximum Gasteiger partial charge on any atom is 0.128 e. The Bertz CT molecular complexity index is 415. The van der Waals surface area contributed by atoms with Crippen molar-refractivity contribution in [3.05, 3.63) is 29.8 Å². The van der Waals surface area contributed by atoms with Crippen molar-refractivity contribution < 1.29 is 9.94 Å². The molecule has 0 atom stereocenters. The summed E-state index contributed by atoms with van der Waals surface area (Å²) in [5.74, 6) is 0.818. The van der Waals surface area contributed by atoms with Crippen LogP contribution < -0.4 is 4.74 Å². The van der Waals surface area contributed by atoms with Gasteiger partial charge in [0.05, 0.1) is 12.3 Å². The van der Waals surface area contributed by atoms with E-state index in [1.807, 2.05) is 31.2 Å². The third-order valence-electron chi connectivity index (χ3n) is 3.66. The van der Waals surface area contributed by atoms with Crippen molar-refractivity contribution in [1.29, 1.82) is 0 Å². The van der Waals surface area contributed by atoms with E-state index in [1.165, 1.54) is 38.5 Å². The molecule has 0 fully saturated rings. The van der Waals surface area contributed by atoms with Gasteiger partial charge in [0.2, 0.25) is 0 Å². The first-order chi connectivity index (χ1) is 10.3. The van der Waals surface area contributed by atoms with E-state index in [-0.39, 0.29) is 0 Å². The van der Waals surface area contributed by atoms with Gasteiger partial charge < -0.3 is 9.94 Å². The molecule has 0 saturated heterocycles. The molecular formula is C18H29NO2. The molecule has 0 radical (unpaired) electrons. The van der Waals surface area contributed by atoms with E-state index in [0.717, 1.165) is 24.3 Å². The van der Waals surface area contributed by atoms with Crippen molar-refractivity contribution in [3.8, 4) is 5.75 Å². The van der Waals surface area contributed by atoms with Crippen LogP contribution in [0.5, 0.6) is 5.75 Å². The second-order valence-corrected chi connectivity index (χ2v) is 5.37. The van der Waals surface area contributed by atoms with Crippen LogP contribution in [-0.2, 0) is 0 Å². The molecule has 1 rings (SSSR count). The fraction of sp³-hybridized carbons (Fsp3) is 0.611. The maximum absolute atomic E-state index is 9.05. The van der Waals surface area contributed by atoms with Gasteiger partial charge >= 0.3 is 0 Å². The summed E-state index contributed by atoms with van der Waals surface area (Å²) in [6.45, 7) is 4.95. The predicted molar refractivity (Wildman–Crippen MR) is 88.5 cm³/mol. The van der Waals surface area contributed by atoms with E-state index >= 15 is 0 Å². The van der Waals surface area contributed by atoms with Gasteiger partial charge in [-0.2, -0.15) is 0 Å². The third kappa shape index (κ3) is 6.65. The second kappa shape index (κ2) is 11.2. The molecular weight excluding hydrogens is 262 g/mol. The minimum absolute atomic E-state index is 0.671. The van der Waals surface area contributed by atoms with E-state index in [2.05, 4.69) is 12.1 Å². The van der Waals surface area contributed by atoms with Gasteiger partial charge in [-0.15, -0.1) is 0 Å². The summed E-state index contributed by atoms with van der Waals surface area (Å²) in [5, 5.41) is 12.4. The van der Waals surface area contributed by atoms with E-state index in [0.29, 0.717) is 12.1 Å². The number of oxime groups is 1. The standard InChI is InChI=1S/C18H29NO2/c1-3-5-6-7-8-9-12-15-21-18-14-11-10-13-16(18)17(4-2)19-20/h10-11,13-14,20H,3-9,12,15H2,1-2H3. The summed E-state index contributed by atoms with van der Waals surface area (Å²) in [6, 6.07) is 7.78. The van der Waals surface area contributed by atoms with Gasteiger partial charge in [-0.3, -0.25) is 0 Å². The minimum atomic E-state index is 0.671. The second-order valence-electron chi connectivity index (χ2n) is 5.37. The molecule has 0 spiro atoms. The molecule has 1 N–H and O–H groups in total. The number of unbranched alkanes of at least 4 members (excludes halogenated alkanes) is 6. The van der Waals surface area contributed by atoms with Gasteiger partial charge in [-0.05, 0) is 25.0 Å². The van der Waals surface area contributed by atoms with Crippen molar-refractivity contribution in [3.63, 3.8) is 0 Å². The number of rotatable bonds is 11. The van der Waals surface area contributed by atoms with Crippen LogP contribution in [0.15, 0.2) is 29.4 Å². The Balaban J connectivity index is 2.32. The van der Waals surface area contributed by atoms with Crippen molar-refractivity contribution in [2.45, 2.75) is 65.2 Å². The van der Waals surface area contributed by atoms with E-state index in [4.69, 9.17) is 9.94 Å². The fourth-order valence-electron chi connectivity index (χ4n) is 2.39. The average molecular weight is 291 g/mol. The predicted octanol–water partition coefficient (Wildman–Crippen LogP) is 5.40. The Morgan fingerprint density at radius 3 is 2.33 bits per heavy atom. The van der Waals surface area contributed by atoms with E-state index < -0.39 is 0 Å². The first-order valence-corrected chi connectivity index (χ1v) is 8.26. The smallest absolute Gasteiger partial charge is 0.128 e. The number of nitrogens with zero attached hydrogens (tertiary/aromatic N) is 1. The van der Waals surface area contributed by atoms with Gasteiger partial charge in [0, 0.05) is 5.56 Å². The van der Waals surface area contributed by atoms with Crippen LogP contribution in [0.3, 0.4) is 0 Å². The summed E-state index contributed by atoms with van der Waals surface area (Å²) in [6.07, 6.45) is 9.63. The molecule has 0 aromatic heterocycles. The molecule has 0 saturated carbocycles. The summed E-state index contributed by atoms with van der Waals surface area (Å²) in [5.41, 5.74) is 1.57. The zero-order chi connectivity index (χ0) is 15.3. The molecule has 0 unspecified atom stereocenters. The highest BCUT2D eigenvalue weighted by Gasteiger charge is 2.08. The first-order valence-electron chi connectivity index (χ1n) is 8.26. The molecule has 21 heavy (non-hydrogen) atoms. The first kappa shape index (κ1) is 17.5. The largest absolute Gasteiger partial charge is 0.493 e. The Kier molecular flexibility index (Phi) is 9.34. The van der Waals surface area contributed by atoms with Gasteiger partial charge in [-0.1, -0.05) is 69.7 Å². The van der Waals surface area contributed by atoms with Gasteiger partial charge in [0.25, 0.3) is 0 Å². The minimum Gasteiger partial charge on any atom is -0.493 e. The summed E-state index contributed by atoms with van der Waals surface area (Å²) in [4.78, 5) is 0. The topological polar surface area (TPSA) is 41.8 Å². The lowest BCUT2D eigenvalue weighted by atomic mass is 10.1. The molecule has 3 nitrogen and oxygen atoms in total. The molecule has 0 aliphatic rings. The number of para-hydroxylation sites is 1. The van der Waals surface area contributed by atoms with Crippen LogP contribution in [0.1, 0.15) is 70.8 Å². The van der Waals surface area contributed by atoms with Crippen molar-refractivity contribution in [2.75, 3.05) is 6.61 Å². The Morgan fingerprint density at radius 2 is 1.67 bits per heavy atom. The molecule has 0 aliphatic carbocycles. The Labute approximate surface area is 129 Å². The molecule has 0 aliphatic heterocycles. The lowest BCUT2D eigenvalue weighted by molar-refractivity contribution is 0.301. The van der Waals surface area contributed by atoms with Crippen molar-refractivity contribution in [2.24, 2.45) is 5.16 Å². The third-order valence-corrected chi connectivity index (χ3v) is 3.66. The van der Waals surface area contributed by atoms with Crippen molar-refractivity contribution in [1.82, 2.24) is 0 Å². The normalized spacial score (nSPS) is 11.6. The monoisotopic (exact) mass is 291 g/mol. The number of ether oxygens (including phenoxy) is 1. The molecule has 3 heteroatoms. The van der Waals surface area contributed by atoms with Crippen LogP contribution in [0, 0.1) is 0 Å². The Morgan fingerprint density at radius 1 is 1.00 bits per heavy atom. The lowest BCUT2D eigenvalue weighted by Gasteiger charge is -2.11. The van der Waals surface area contributed by atoms with Gasteiger partial charge in [0.15, 0.2) is 0 Å². The van der Waals surface area contributed by atoms with Crippen LogP contribution in [0.25, 0.3) is 0 Å². The quantitative estimate of drug-likeness (QED) is 0.256. The van der Waals surface area contributed by atoms with Crippen molar-refractivity contribution >= 4 is 5.71 Å². The molecule has 0 amide bonds. The number of hydrogen-bond donors (Lipinski definition) is 1. The number of hydrogen-bond acceptors (Lipinski definition) is 3. The van der Waals surface area contributed by atoms with Gasteiger partial charge in [-0.25, -0.2) is 0 Å². The molecule has 0 bridgehead atoms. The summed E-state index contributed by atoms with van der Waals surface area (Å²) >= 11 is 0. The molecule has 0 heterocycles. The highest BCUT2D eigenvalue weighted by Crippen LogP contribution is 2.20. The van der Waals surface area contributed by atoms with Crippen LogP contribution in [0.4, 0.5) is 0 Å². The maximum atomic E-state index is 9.05. The highest BCUT2D eigenvalue weighted by atomic mass is 16.5. The fourth-order valence-corrected chi connectivity index (χ4v) is 2.39. The SMILES string of the molecule is CCCCCCCCCOc1ccccc1C(CC)=NO. The molecule has 1 aromatic rings. The lowest BCUT2D eigenvalue weighted by Crippen LogP contribution is -2.05. The van der Waals surface area contributed by atoms with Crippen LogP contribution in [0.2, 0.25) is 0 Å². The molecule has 118 valence electrons. The van der Waals surface area contributed by atoms with Crippen LogP contribution in [-0.4, -0.2) is 17.5 Å². The van der Waals surface area contributed by atoms with E-state index in [9.17, 15) is 0 Å². The zero-order valence-electron chi connectivity index (χ0n) is 13.5. The zero-order valence-corrected chi connectivity index (χ0v) is 13.5. The average Bonchev–Trinajstić information content (AvgIpc) is 2.52. The molecule has 1 aromatic carbocycles. The Hall–Kier alpha value is -1.51. The van der Waals surface area contributed by atoms with E-state index in [1.54, 1.807) is 0 Å². The number of benzene rings is 1. The highest BCUT2D eigenvalue weighted by molar-refractivity contribution is 6.02. The van der Waals surface area contributed by atoms with Crippen LogP contribution >= 0.6 is 0 Å². The van der Waals surface area contributed by atoms with Gasteiger partial charge in [0.1, 0.15) is 5.75 Å².